The van der Waals surface area contributed by atoms with Crippen LogP contribution in [0.1, 0.15) is 29.5 Å². The molecule has 0 amide bonds. The molecule has 0 saturated carbocycles. The van der Waals surface area contributed by atoms with Gasteiger partial charge >= 0.3 is 6.36 Å². The summed E-state index contributed by atoms with van der Waals surface area (Å²) in [5.41, 5.74) is 7.41. The maximum absolute atomic E-state index is 12.0. The molecule has 1 aliphatic carbocycles. The Morgan fingerprint density at radius 2 is 2.00 bits per heavy atom. The zero-order valence-electron chi connectivity index (χ0n) is 8.42. The van der Waals surface area contributed by atoms with E-state index in [0.717, 1.165) is 11.1 Å². The van der Waals surface area contributed by atoms with Crippen molar-refractivity contribution in [3.63, 3.8) is 0 Å². The first-order chi connectivity index (χ1) is 7.37. The number of alkyl halides is 3. The Hall–Kier alpha value is -1.23. The summed E-state index contributed by atoms with van der Waals surface area (Å²) in [6.45, 7) is 3.85. The van der Waals surface area contributed by atoms with Crippen molar-refractivity contribution < 1.29 is 17.9 Å². The average Bonchev–Trinajstić information content (AvgIpc) is 2.40. The molecule has 1 radical (unpaired) electrons. The summed E-state index contributed by atoms with van der Waals surface area (Å²) in [5, 5.41) is 0. The lowest BCUT2D eigenvalue weighted by atomic mass is 10.0. The lowest BCUT2D eigenvalue weighted by molar-refractivity contribution is -0.274. The van der Waals surface area contributed by atoms with Gasteiger partial charge in [0.05, 0.1) is 0 Å². The minimum atomic E-state index is -4.66. The minimum absolute atomic E-state index is 0.0678. The molecule has 0 aromatic heterocycles. The number of rotatable bonds is 1. The molecule has 0 aliphatic heterocycles. The third-order valence-corrected chi connectivity index (χ3v) is 2.67. The number of fused-ring (bicyclic) bond motifs is 1. The van der Waals surface area contributed by atoms with Crippen LogP contribution >= 0.6 is 0 Å². The smallest absolute Gasteiger partial charge is 0.406 e. The van der Waals surface area contributed by atoms with Crippen molar-refractivity contribution in [3.05, 3.63) is 36.2 Å². The molecule has 87 valence electrons. The Morgan fingerprint density at radius 3 is 2.62 bits per heavy atom. The van der Waals surface area contributed by atoms with Crippen LogP contribution in [0.25, 0.3) is 0 Å². The highest BCUT2D eigenvalue weighted by molar-refractivity contribution is 5.43. The normalized spacial score (nSPS) is 24.3. The summed E-state index contributed by atoms with van der Waals surface area (Å²) >= 11 is 0. The molecule has 1 aromatic carbocycles. The molecule has 0 spiro atoms. The fraction of sp³-hybridized carbons (Fsp3) is 0.364. The Balaban J connectivity index is 2.30. The van der Waals surface area contributed by atoms with Gasteiger partial charge in [0, 0.05) is 6.04 Å². The summed E-state index contributed by atoms with van der Waals surface area (Å²) < 4.78 is 39.9. The molecule has 2 unspecified atom stereocenters. The van der Waals surface area contributed by atoms with E-state index in [-0.39, 0.29) is 17.7 Å². The van der Waals surface area contributed by atoms with E-state index in [1.165, 1.54) is 12.1 Å². The predicted octanol–water partition coefficient (Wildman–Crippen LogP) is 2.91. The molecule has 0 saturated heterocycles. The van der Waals surface area contributed by atoms with Crippen molar-refractivity contribution in [1.82, 2.24) is 0 Å². The zero-order chi connectivity index (χ0) is 11.9. The predicted molar refractivity (Wildman–Crippen MR) is 52.8 cm³/mol. The molecule has 2 N–H and O–H groups in total. The van der Waals surface area contributed by atoms with Gasteiger partial charge in [0.1, 0.15) is 5.75 Å². The molecule has 16 heavy (non-hydrogen) atoms. The molecule has 1 aliphatic rings. The summed E-state index contributed by atoms with van der Waals surface area (Å²) in [7, 11) is 0. The molecule has 0 bridgehead atoms. The van der Waals surface area contributed by atoms with Crippen LogP contribution in [0, 0.1) is 6.92 Å². The van der Waals surface area contributed by atoms with E-state index in [1.54, 1.807) is 6.07 Å². The highest BCUT2D eigenvalue weighted by Crippen LogP contribution is 2.40. The molecule has 2 rings (SSSR count). The number of halogens is 3. The molecule has 2 atom stereocenters. The fourth-order valence-electron chi connectivity index (χ4n) is 2.00. The second-order valence-corrected chi connectivity index (χ2v) is 3.88. The second-order valence-electron chi connectivity index (χ2n) is 3.88. The van der Waals surface area contributed by atoms with Crippen molar-refractivity contribution in [1.29, 1.82) is 0 Å². The minimum Gasteiger partial charge on any atom is -0.406 e. The average molecular weight is 230 g/mol. The van der Waals surface area contributed by atoms with Crippen LogP contribution in [-0.2, 0) is 0 Å². The quantitative estimate of drug-likeness (QED) is 0.805. The topological polar surface area (TPSA) is 35.2 Å². The number of hydrogen-bond acceptors (Lipinski definition) is 2. The van der Waals surface area contributed by atoms with Crippen molar-refractivity contribution in [3.8, 4) is 5.75 Å². The van der Waals surface area contributed by atoms with E-state index in [2.05, 4.69) is 11.7 Å². The van der Waals surface area contributed by atoms with Crippen LogP contribution in [0.15, 0.2) is 18.2 Å². The Labute approximate surface area is 91.2 Å². The maximum atomic E-state index is 12.0. The van der Waals surface area contributed by atoms with Gasteiger partial charge in [-0.25, -0.2) is 0 Å². The number of benzene rings is 1. The van der Waals surface area contributed by atoms with E-state index in [9.17, 15) is 13.2 Å². The standard InChI is InChI=1S/C11H11F3NO/c1-6-4-10(15)8-3-2-7(5-9(6)8)16-11(12,13)14/h2-3,5-6,10H,1,4,15H2. The van der Waals surface area contributed by atoms with Gasteiger partial charge in [0.2, 0.25) is 0 Å². The van der Waals surface area contributed by atoms with Crippen molar-refractivity contribution in [2.75, 3.05) is 0 Å². The molecule has 1 aromatic rings. The number of hydrogen-bond donors (Lipinski definition) is 1. The maximum Gasteiger partial charge on any atom is 0.573 e. The molecule has 0 fully saturated rings. The Morgan fingerprint density at radius 1 is 1.31 bits per heavy atom. The van der Waals surface area contributed by atoms with E-state index < -0.39 is 6.36 Å². The van der Waals surface area contributed by atoms with Crippen LogP contribution in [0.3, 0.4) is 0 Å². The van der Waals surface area contributed by atoms with Crippen LogP contribution in [0.4, 0.5) is 13.2 Å². The van der Waals surface area contributed by atoms with Crippen molar-refractivity contribution in [2.24, 2.45) is 5.73 Å². The SMILES string of the molecule is [CH2]C1CC(N)c2ccc(OC(F)(F)F)cc21. The van der Waals surface area contributed by atoms with Gasteiger partial charge in [-0.2, -0.15) is 0 Å². The first kappa shape index (κ1) is 11.3. The van der Waals surface area contributed by atoms with Gasteiger partial charge in [-0.15, -0.1) is 13.2 Å². The van der Waals surface area contributed by atoms with E-state index >= 15 is 0 Å². The van der Waals surface area contributed by atoms with Crippen LogP contribution in [0.5, 0.6) is 5.75 Å². The van der Waals surface area contributed by atoms with E-state index in [1.807, 2.05) is 0 Å². The molecular formula is C11H11F3NO. The van der Waals surface area contributed by atoms with Gasteiger partial charge in [0.15, 0.2) is 0 Å². The number of nitrogens with two attached hydrogens (primary N) is 1. The van der Waals surface area contributed by atoms with E-state index in [4.69, 9.17) is 5.73 Å². The van der Waals surface area contributed by atoms with Gasteiger partial charge in [-0.05, 0) is 42.5 Å². The third-order valence-electron chi connectivity index (χ3n) is 2.67. The largest absolute Gasteiger partial charge is 0.573 e. The fourth-order valence-corrected chi connectivity index (χ4v) is 2.00. The third kappa shape index (κ3) is 2.14. The van der Waals surface area contributed by atoms with Crippen LogP contribution in [0.2, 0.25) is 0 Å². The van der Waals surface area contributed by atoms with Crippen molar-refractivity contribution >= 4 is 0 Å². The number of ether oxygens (including phenoxy) is 1. The molecule has 2 nitrogen and oxygen atoms in total. The molecular weight excluding hydrogens is 219 g/mol. The molecule has 0 heterocycles. The van der Waals surface area contributed by atoms with Gasteiger partial charge < -0.3 is 10.5 Å². The first-order valence-corrected chi connectivity index (χ1v) is 4.85. The zero-order valence-corrected chi connectivity index (χ0v) is 8.42. The summed E-state index contributed by atoms with van der Waals surface area (Å²) in [4.78, 5) is 0. The Kier molecular flexibility index (Phi) is 2.58. The van der Waals surface area contributed by atoms with Gasteiger partial charge in [-0.1, -0.05) is 6.07 Å². The van der Waals surface area contributed by atoms with Gasteiger partial charge in [-0.3, -0.25) is 0 Å². The summed E-state index contributed by atoms with van der Waals surface area (Å²) in [6, 6.07) is 4.08. The highest BCUT2D eigenvalue weighted by atomic mass is 19.4. The van der Waals surface area contributed by atoms with E-state index in [0.29, 0.717) is 6.42 Å². The summed E-state index contributed by atoms with van der Waals surface area (Å²) in [6.07, 6.45) is -4.00. The second kappa shape index (κ2) is 3.66. The molecule has 5 heteroatoms. The Bertz CT molecular complexity index is 403. The highest BCUT2D eigenvalue weighted by Gasteiger charge is 2.32. The van der Waals surface area contributed by atoms with Gasteiger partial charge in [0.25, 0.3) is 0 Å². The van der Waals surface area contributed by atoms with Crippen LogP contribution in [-0.4, -0.2) is 6.36 Å². The monoisotopic (exact) mass is 230 g/mol. The lowest BCUT2D eigenvalue weighted by Gasteiger charge is -2.11. The lowest BCUT2D eigenvalue weighted by Crippen LogP contribution is -2.17. The van der Waals surface area contributed by atoms with Crippen LogP contribution < -0.4 is 10.5 Å². The summed E-state index contributed by atoms with van der Waals surface area (Å²) in [5.74, 6) is -0.282. The first-order valence-electron chi connectivity index (χ1n) is 4.85. The van der Waals surface area contributed by atoms with Crippen molar-refractivity contribution in [2.45, 2.75) is 24.7 Å².